The number of amides is 1. The molecule has 2 heterocycles. The summed E-state index contributed by atoms with van der Waals surface area (Å²) in [7, 11) is 0. The molecule has 1 atom stereocenters. The molecule has 0 saturated heterocycles. The highest BCUT2D eigenvalue weighted by Gasteiger charge is 2.21. The number of hydrogen-bond donors (Lipinski definition) is 1. The first-order chi connectivity index (χ1) is 13.8. The number of halogens is 1. The van der Waals surface area contributed by atoms with E-state index in [4.69, 9.17) is 11.6 Å². The molecule has 1 amide bonds. The first-order valence-corrected chi connectivity index (χ1v) is 10.5. The summed E-state index contributed by atoms with van der Waals surface area (Å²) in [5.74, 6) is -0.378. The molecule has 3 aromatic rings. The lowest BCUT2D eigenvalue weighted by atomic mass is 10.2. The fourth-order valence-corrected chi connectivity index (χ4v) is 4.42. The summed E-state index contributed by atoms with van der Waals surface area (Å²) in [6, 6.07) is 5.52. The van der Waals surface area contributed by atoms with E-state index in [-0.39, 0.29) is 34.4 Å². The summed E-state index contributed by atoms with van der Waals surface area (Å²) in [5, 5.41) is 15.6. The van der Waals surface area contributed by atoms with Crippen molar-refractivity contribution in [2.24, 2.45) is 0 Å². The lowest BCUT2D eigenvalue weighted by molar-refractivity contribution is -0.384. The van der Waals surface area contributed by atoms with Crippen molar-refractivity contribution in [2.75, 3.05) is 5.32 Å². The maximum absolute atomic E-state index is 12.7. The average Bonchev–Trinajstić information content (AvgIpc) is 3.14. The fourth-order valence-electron chi connectivity index (χ4n) is 2.48. The molecule has 3 rings (SSSR count). The zero-order chi connectivity index (χ0) is 21.1. The number of benzene rings is 1. The van der Waals surface area contributed by atoms with E-state index in [1.165, 1.54) is 34.1 Å². The zero-order valence-corrected chi connectivity index (χ0v) is 17.5. The number of thiophene rings is 1. The quantitative estimate of drug-likeness (QED) is 0.189. The van der Waals surface area contributed by atoms with Gasteiger partial charge in [0.25, 0.3) is 11.2 Å². The van der Waals surface area contributed by atoms with Crippen molar-refractivity contribution >= 4 is 62.2 Å². The number of hydrogen-bond acceptors (Lipinski definition) is 7. The van der Waals surface area contributed by atoms with Crippen molar-refractivity contribution in [3.05, 3.63) is 67.8 Å². The molecule has 1 unspecified atom stereocenters. The van der Waals surface area contributed by atoms with Crippen molar-refractivity contribution < 1.29 is 9.72 Å². The Labute approximate surface area is 178 Å². The molecule has 0 fully saturated rings. The van der Waals surface area contributed by atoms with Crippen LogP contribution in [0.25, 0.3) is 10.2 Å². The van der Waals surface area contributed by atoms with E-state index in [0.29, 0.717) is 15.4 Å². The SMILES string of the molecule is C=CCn1c(SC(C)C(=O)Nc2ccc([N+](=O)[O-])cc2Cl)nc2sccc2c1=O. The molecule has 0 saturated carbocycles. The van der Waals surface area contributed by atoms with E-state index < -0.39 is 10.2 Å². The fraction of sp³-hybridized carbons (Fsp3) is 0.167. The highest BCUT2D eigenvalue weighted by Crippen LogP contribution is 2.29. The summed E-state index contributed by atoms with van der Waals surface area (Å²) in [5.41, 5.74) is -0.0955. The van der Waals surface area contributed by atoms with Gasteiger partial charge >= 0.3 is 0 Å². The van der Waals surface area contributed by atoms with Crippen molar-refractivity contribution in [1.82, 2.24) is 9.55 Å². The van der Waals surface area contributed by atoms with Crippen molar-refractivity contribution in [2.45, 2.75) is 23.9 Å². The van der Waals surface area contributed by atoms with Crippen LogP contribution >= 0.6 is 34.7 Å². The van der Waals surface area contributed by atoms with E-state index in [2.05, 4.69) is 16.9 Å². The van der Waals surface area contributed by atoms with Crippen LogP contribution in [0.5, 0.6) is 0 Å². The van der Waals surface area contributed by atoms with E-state index in [0.717, 1.165) is 11.8 Å². The van der Waals surface area contributed by atoms with Crippen LogP contribution in [-0.2, 0) is 11.3 Å². The third-order valence-electron chi connectivity index (χ3n) is 3.93. The van der Waals surface area contributed by atoms with Gasteiger partial charge in [0.1, 0.15) is 4.83 Å². The number of nitrogens with one attached hydrogen (secondary N) is 1. The molecule has 1 aromatic carbocycles. The first-order valence-electron chi connectivity index (χ1n) is 8.32. The van der Waals surface area contributed by atoms with Crippen molar-refractivity contribution in [3.63, 3.8) is 0 Å². The van der Waals surface area contributed by atoms with Crippen LogP contribution in [-0.4, -0.2) is 25.6 Å². The Bertz CT molecular complexity index is 1170. The van der Waals surface area contributed by atoms with Gasteiger partial charge in [0.15, 0.2) is 5.16 Å². The van der Waals surface area contributed by atoms with Crippen LogP contribution in [0.2, 0.25) is 5.02 Å². The number of anilines is 1. The molecule has 2 aromatic heterocycles. The zero-order valence-electron chi connectivity index (χ0n) is 15.1. The predicted octanol–water partition coefficient (Wildman–Crippen LogP) is 4.32. The van der Waals surface area contributed by atoms with Crippen LogP contribution in [0.1, 0.15) is 6.92 Å². The summed E-state index contributed by atoms with van der Waals surface area (Å²) in [6.07, 6.45) is 1.59. The molecule has 0 bridgehead atoms. The van der Waals surface area contributed by atoms with Crippen molar-refractivity contribution in [3.8, 4) is 0 Å². The molecule has 11 heteroatoms. The number of thioether (sulfide) groups is 1. The lowest BCUT2D eigenvalue weighted by Gasteiger charge is -2.15. The summed E-state index contributed by atoms with van der Waals surface area (Å²) >= 11 is 8.51. The van der Waals surface area contributed by atoms with Gasteiger partial charge in [-0.2, -0.15) is 0 Å². The highest BCUT2D eigenvalue weighted by atomic mass is 35.5. The van der Waals surface area contributed by atoms with Crippen LogP contribution < -0.4 is 10.9 Å². The Kier molecular flexibility index (Phi) is 6.36. The number of nitro benzene ring substituents is 1. The molecule has 29 heavy (non-hydrogen) atoms. The number of aromatic nitrogens is 2. The summed E-state index contributed by atoms with van der Waals surface area (Å²) in [4.78, 5) is 40.6. The Morgan fingerprint density at radius 1 is 1.52 bits per heavy atom. The second-order valence-corrected chi connectivity index (χ2v) is 8.52. The van der Waals surface area contributed by atoms with Gasteiger partial charge in [0, 0.05) is 18.7 Å². The maximum atomic E-state index is 12.7. The van der Waals surface area contributed by atoms with E-state index in [1.54, 1.807) is 24.4 Å². The molecule has 150 valence electrons. The first kappa shape index (κ1) is 21.0. The third-order valence-corrected chi connectivity index (χ3v) is 6.14. The number of nitro groups is 1. The number of carbonyl (C=O) groups excluding carboxylic acids is 1. The Morgan fingerprint density at radius 2 is 2.28 bits per heavy atom. The second kappa shape index (κ2) is 8.76. The Morgan fingerprint density at radius 3 is 2.93 bits per heavy atom. The van der Waals surface area contributed by atoms with Crippen LogP contribution in [0.4, 0.5) is 11.4 Å². The molecular weight excluding hydrogens is 436 g/mol. The molecule has 0 aliphatic heterocycles. The van der Waals surface area contributed by atoms with Gasteiger partial charge in [-0.25, -0.2) is 4.98 Å². The van der Waals surface area contributed by atoms with Crippen LogP contribution in [0.15, 0.2) is 52.3 Å². The number of allylic oxidation sites excluding steroid dienone is 1. The standard InChI is InChI=1S/C18H15ClN4O4S2/c1-3-7-22-17(25)12-6-8-28-16(12)21-18(22)29-10(2)15(24)20-14-5-4-11(23(26)27)9-13(14)19/h3-6,8-10H,1,7H2,2H3,(H,20,24). The molecule has 1 N–H and O–H groups in total. The van der Waals surface area contributed by atoms with Gasteiger partial charge in [0.05, 0.1) is 26.3 Å². The van der Waals surface area contributed by atoms with Crippen LogP contribution in [0.3, 0.4) is 0 Å². The minimum absolute atomic E-state index is 0.0615. The molecular formula is C18H15ClN4O4S2. The number of non-ortho nitro benzene ring substituents is 1. The molecule has 8 nitrogen and oxygen atoms in total. The molecule has 0 radical (unpaired) electrons. The molecule has 0 aliphatic rings. The summed E-state index contributed by atoms with van der Waals surface area (Å²) in [6.45, 7) is 5.60. The van der Waals surface area contributed by atoms with Gasteiger partial charge in [-0.3, -0.25) is 24.3 Å². The normalized spacial score (nSPS) is 11.9. The molecule has 0 aliphatic carbocycles. The Hall–Kier alpha value is -2.69. The van der Waals surface area contributed by atoms with Crippen LogP contribution in [0, 0.1) is 10.1 Å². The number of carbonyl (C=O) groups is 1. The van der Waals surface area contributed by atoms with E-state index >= 15 is 0 Å². The number of nitrogens with zero attached hydrogens (tertiary/aromatic N) is 3. The van der Waals surface area contributed by atoms with E-state index in [1.807, 2.05) is 0 Å². The average molecular weight is 451 g/mol. The van der Waals surface area contributed by atoms with Gasteiger partial charge < -0.3 is 5.32 Å². The highest BCUT2D eigenvalue weighted by molar-refractivity contribution is 8.00. The third kappa shape index (κ3) is 4.50. The van der Waals surface area contributed by atoms with Gasteiger partial charge in [0.2, 0.25) is 5.91 Å². The topological polar surface area (TPSA) is 107 Å². The predicted molar refractivity (Wildman–Crippen MR) is 116 cm³/mol. The minimum Gasteiger partial charge on any atom is -0.324 e. The van der Waals surface area contributed by atoms with Gasteiger partial charge in [-0.1, -0.05) is 29.4 Å². The lowest BCUT2D eigenvalue weighted by Crippen LogP contribution is -2.26. The largest absolute Gasteiger partial charge is 0.324 e. The molecule has 0 spiro atoms. The van der Waals surface area contributed by atoms with E-state index in [9.17, 15) is 19.7 Å². The second-order valence-electron chi connectivity index (χ2n) is 5.91. The minimum atomic E-state index is -0.610. The number of fused-ring (bicyclic) bond motifs is 1. The Balaban J connectivity index is 1.83. The monoisotopic (exact) mass is 450 g/mol. The van der Waals surface area contributed by atoms with Gasteiger partial charge in [-0.05, 0) is 24.4 Å². The smallest absolute Gasteiger partial charge is 0.271 e. The maximum Gasteiger partial charge on any atom is 0.271 e. The number of rotatable bonds is 7. The van der Waals surface area contributed by atoms with Gasteiger partial charge in [-0.15, -0.1) is 17.9 Å². The summed E-state index contributed by atoms with van der Waals surface area (Å²) < 4.78 is 1.47. The van der Waals surface area contributed by atoms with Crippen molar-refractivity contribution in [1.29, 1.82) is 0 Å².